The first-order valence-electron chi connectivity index (χ1n) is 14.6. The molecule has 1 amide bonds. The van der Waals surface area contributed by atoms with Gasteiger partial charge in [0.1, 0.15) is 11.9 Å². The molecule has 0 radical (unpaired) electrons. The monoisotopic (exact) mass is 644 g/mol. The first kappa shape index (κ1) is 30.0. The Labute approximate surface area is 261 Å². The van der Waals surface area contributed by atoms with Gasteiger partial charge in [0.15, 0.2) is 0 Å². The summed E-state index contributed by atoms with van der Waals surface area (Å²) in [5.74, 6) is 1.21. The van der Waals surface area contributed by atoms with Crippen molar-refractivity contribution in [3.05, 3.63) is 75.8 Å². The average Bonchev–Trinajstić information content (AvgIpc) is 3.47. The fourth-order valence-corrected chi connectivity index (χ4v) is 7.80. The number of nitrogens with one attached hydrogen (secondary N) is 1. The van der Waals surface area contributed by atoms with Gasteiger partial charge in [0.25, 0.3) is 10.0 Å². The minimum Gasteiger partial charge on any atom is -0.329 e. The van der Waals surface area contributed by atoms with E-state index in [1.54, 1.807) is 10.9 Å². The highest BCUT2D eigenvalue weighted by molar-refractivity contribution is 7.89. The lowest BCUT2D eigenvalue weighted by Crippen LogP contribution is -2.50. The highest BCUT2D eigenvalue weighted by atomic mass is 35.5. The molecule has 0 unspecified atom stereocenters. The van der Waals surface area contributed by atoms with Crippen LogP contribution in [0.4, 0.5) is 0 Å². The van der Waals surface area contributed by atoms with Gasteiger partial charge in [-0.25, -0.2) is 23.1 Å². The van der Waals surface area contributed by atoms with Gasteiger partial charge in [0.05, 0.1) is 26.7 Å². The number of sulfonamides is 1. The Morgan fingerprint density at radius 3 is 2.72 bits per heavy atom. The molecule has 0 spiro atoms. The maximum absolute atomic E-state index is 13.5. The number of hydrogen-bond donors (Lipinski definition) is 1. The first-order chi connectivity index (χ1) is 20.7. The maximum Gasteiger partial charge on any atom is 0.264 e. The molecule has 2 aromatic heterocycles. The number of halogens is 2. The fourth-order valence-electron chi connectivity index (χ4n) is 5.96. The molecule has 6 rings (SSSR count). The van der Waals surface area contributed by atoms with Gasteiger partial charge in [0, 0.05) is 55.4 Å². The zero-order valence-electron chi connectivity index (χ0n) is 23.9. The summed E-state index contributed by atoms with van der Waals surface area (Å²) in [5, 5.41) is 11.6. The van der Waals surface area contributed by atoms with Crippen molar-refractivity contribution >= 4 is 39.1 Å². The Bertz CT molecular complexity index is 1640. The van der Waals surface area contributed by atoms with E-state index in [2.05, 4.69) is 27.5 Å². The molecule has 0 saturated carbocycles. The number of rotatable bonds is 8. The smallest absolute Gasteiger partial charge is 0.264 e. The van der Waals surface area contributed by atoms with Gasteiger partial charge in [-0.05, 0) is 69.3 Å². The molecule has 14 heteroatoms. The summed E-state index contributed by atoms with van der Waals surface area (Å²) in [7, 11) is -4.11. The van der Waals surface area contributed by atoms with Crippen LogP contribution in [0.1, 0.15) is 61.4 Å². The minimum atomic E-state index is -4.11. The number of carbonyl (C=O) groups is 1. The quantitative estimate of drug-likeness (QED) is 0.393. The van der Waals surface area contributed by atoms with Crippen LogP contribution in [0.5, 0.6) is 0 Å². The number of carbonyl (C=O) groups excluding carboxylic acids is 1. The lowest BCUT2D eigenvalue weighted by atomic mass is 9.92. The topological polar surface area (TPSA) is 126 Å². The SMILES string of the molecule is CC1CCN(CCc2ncc3c(n2)CCC[C@H]3n2cc(C[C@H]3C(=O)NC=CN3S(=O)(=O)c3ccc(Cl)c(Cl)c3)nn2)CC1. The van der Waals surface area contributed by atoms with Crippen molar-refractivity contribution in [3.63, 3.8) is 0 Å². The van der Waals surface area contributed by atoms with E-state index >= 15 is 0 Å². The molecule has 1 N–H and O–H groups in total. The van der Waals surface area contributed by atoms with Gasteiger partial charge in [-0.2, -0.15) is 0 Å². The van der Waals surface area contributed by atoms with Crippen molar-refractivity contribution in [3.8, 4) is 0 Å². The minimum absolute atomic E-state index is 0.0288. The maximum atomic E-state index is 13.5. The van der Waals surface area contributed by atoms with E-state index in [4.69, 9.17) is 33.2 Å². The number of nitrogens with zero attached hydrogens (tertiary/aromatic N) is 7. The predicted octanol–water partition coefficient (Wildman–Crippen LogP) is 3.78. The van der Waals surface area contributed by atoms with Crippen LogP contribution in [-0.2, 0) is 34.1 Å². The second kappa shape index (κ2) is 12.5. The normalized spacial score (nSPS) is 21.6. The van der Waals surface area contributed by atoms with Crippen molar-refractivity contribution in [2.24, 2.45) is 5.92 Å². The van der Waals surface area contributed by atoms with Crippen molar-refractivity contribution in [1.82, 2.24) is 39.5 Å². The zero-order valence-corrected chi connectivity index (χ0v) is 26.2. The Balaban J connectivity index is 1.17. The van der Waals surface area contributed by atoms with Crippen LogP contribution in [0.2, 0.25) is 10.0 Å². The number of aromatic nitrogens is 5. The number of aryl methyl sites for hydroxylation is 1. The Morgan fingerprint density at radius 1 is 1.12 bits per heavy atom. The van der Waals surface area contributed by atoms with Crippen LogP contribution in [0.25, 0.3) is 0 Å². The molecule has 228 valence electrons. The summed E-state index contributed by atoms with van der Waals surface area (Å²) < 4.78 is 29.8. The predicted molar refractivity (Wildman–Crippen MR) is 162 cm³/mol. The van der Waals surface area contributed by atoms with Crippen LogP contribution < -0.4 is 5.32 Å². The van der Waals surface area contributed by atoms with Gasteiger partial charge in [0.2, 0.25) is 5.91 Å². The lowest BCUT2D eigenvalue weighted by Gasteiger charge is -2.31. The lowest BCUT2D eigenvalue weighted by molar-refractivity contribution is -0.124. The van der Waals surface area contributed by atoms with Crippen LogP contribution in [0.15, 0.2) is 47.9 Å². The number of benzene rings is 1. The fraction of sp³-hybridized carbons (Fsp3) is 0.483. The van der Waals surface area contributed by atoms with Crippen molar-refractivity contribution < 1.29 is 13.2 Å². The summed E-state index contributed by atoms with van der Waals surface area (Å²) in [6.07, 6.45) is 12.4. The molecule has 4 heterocycles. The molecule has 1 aromatic carbocycles. The molecule has 2 atom stereocenters. The molecule has 1 aliphatic carbocycles. The second-order valence-corrected chi connectivity index (χ2v) is 14.2. The number of hydrogen-bond acceptors (Lipinski definition) is 8. The molecular formula is C29H34Cl2N8O3S. The van der Waals surface area contributed by atoms with Crippen LogP contribution >= 0.6 is 23.2 Å². The van der Waals surface area contributed by atoms with Crippen LogP contribution in [0.3, 0.4) is 0 Å². The summed E-state index contributed by atoms with van der Waals surface area (Å²) in [4.78, 5) is 25.0. The van der Waals surface area contributed by atoms with Crippen LogP contribution in [0, 0.1) is 5.92 Å². The summed E-state index contributed by atoms with van der Waals surface area (Å²) in [6.45, 7) is 5.58. The Hall–Kier alpha value is -3.06. The second-order valence-electron chi connectivity index (χ2n) is 11.5. The standard InChI is InChI=1S/C29H34Cl2N8O3S/c1-19-7-11-37(12-8-19)13-9-28-33-17-22-25(34-28)3-2-4-26(22)38-18-20(35-36-38)15-27-29(40)32-10-14-39(27)43(41,42)21-5-6-23(30)24(31)16-21/h5-6,10,14,16-19,26-27H,2-4,7-9,11-13,15H2,1H3,(H,32,40)/t26-,27+/m1/s1. The van der Waals surface area contributed by atoms with E-state index in [0.717, 1.165) is 72.6 Å². The number of piperidine rings is 1. The van der Waals surface area contributed by atoms with Crippen molar-refractivity contribution in [2.45, 2.75) is 68.8 Å². The van der Waals surface area contributed by atoms with Gasteiger partial charge in [-0.1, -0.05) is 35.3 Å². The van der Waals surface area contributed by atoms with E-state index in [1.165, 1.54) is 43.4 Å². The number of likely N-dealkylation sites (tertiary alicyclic amines) is 1. The Morgan fingerprint density at radius 2 is 1.93 bits per heavy atom. The summed E-state index contributed by atoms with van der Waals surface area (Å²) in [6, 6.07) is 2.89. The van der Waals surface area contributed by atoms with E-state index in [-0.39, 0.29) is 27.4 Å². The first-order valence-corrected chi connectivity index (χ1v) is 16.8. The number of amides is 1. The Kier molecular flexibility index (Phi) is 8.72. The van der Waals surface area contributed by atoms with E-state index in [0.29, 0.717) is 5.69 Å². The van der Waals surface area contributed by atoms with Gasteiger partial charge in [-0.15, -0.1) is 5.10 Å². The third-order valence-electron chi connectivity index (χ3n) is 8.53. The third-order valence-corrected chi connectivity index (χ3v) is 11.1. The van der Waals surface area contributed by atoms with Crippen molar-refractivity contribution in [2.75, 3.05) is 19.6 Å². The molecule has 1 saturated heterocycles. The summed E-state index contributed by atoms with van der Waals surface area (Å²) >= 11 is 12.1. The average molecular weight is 646 g/mol. The molecule has 3 aliphatic rings. The third kappa shape index (κ3) is 6.43. The molecule has 43 heavy (non-hydrogen) atoms. The highest BCUT2D eigenvalue weighted by Gasteiger charge is 2.37. The van der Waals surface area contributed by atoms with E-state index < -0.39 is 22.0 Å². The largest absolute Gasteiger partial charge is 0.329 e. The summed E-state index contributed by atoms with van der Waals surface area (Å²) in [5.41, 5.74) is 2.56. The molecule has 0 bridgehead atoms. The van der Waals surface area contributed by atoms with E-state index in [9.17, 15) is 13.2 Å². The zero-order chi connectivity index (χ0) is 30.1. The number of fused-ring (bicyclic) bond motifs is 1. The van der Waals surface area contributed by atoms with Gasteiger partial charge >= 0.3 is 0 Å². The van der Waals surface area contributed by atoms with E-state index in [1.807, 2.05) is 6.20 Å². The highest BCUT2D eigenvalue weighted by Crippen LogP contribution is 2.32. The van der Waals surface area contributed by atoms with Gasteiger partial charge in [-0.3, -0.25) is 9.10 Å². The van der Waals surface area contributed by atoms with Gasteiger partial charge < -0.3 is 10.2 Å². The van der Waals surface area contributed by atoms with Crippen molar-refractivity contribution in [1.29, 1.82) is 0 Å². The molecule has 11 nitrogen and oxygen atoms in total. The van der Waals surface area contributed by atoms with Crippen LogP contribution in [-0.4, -0.2) is 74.2 Å². The molecule has 2 aliphatic heterocycles. The molecule has 1 fully saturated rings. The molecular weight excluding hydrogens is 611 g/mol. The molecule has 3 aromatic rings.